The van der Waals surface area contributed by atoms with Crippen LogP contribution in [0.1, 0.15) is 9.67 Å². The van der Waals surface area contributed by atoms with E-state index in [0.29, 0.717) is 48.5 Å². The van der Waals surface area contributed by atoms with Gasteiger partial charge in [0.1, 0.15) is 13.2 Å². The number of nitrogens with zero attached hydrogens (tertiary/aromatic N) is 1. The Morgan fingerprint density at radius 3 is 2.47 bits per heavy atom. The molecule has 0 aliphatic carbocycles. The normalized spacial score (nSPS) is 15.7. The maximum Gasteiger partial charge on any atom is 0.265 e. The fourth-order valence-electron chi connectivity index (χ4n) is 3.63. The van der Waals surface area contributed by atoms with Gasteiger partial charge in [0, 0.05) is 30.4 Å². The Morgan fingerprint density at radius 1 is 0.900 bits per heavy atom. The number of carbonyl (C=O) groups excluding carboxylic acids is 1. The number of hydrogen-bond acceptors (Lipinski definition) is 6. The third-order valence-corrected chi connectivity index (χ3v) is 6.31. The molecule has 0 atom stereocenters. The molecule has 1 saturated heterocycles. The first kappa shape index (κ1) is 19.0. The summed E-state index contributed by atoms with van der Waals surface area (Å²) in [6.07, 6.45) is 0. The van der Waals surface area contributed by atoms with Gasteiger partial charge in [-0.3, -0.25) is 4.79 Å². The first-order chi connectivity index (χ1) is 14.8. The lowest BCUT2D eigenvalue weighted by Crippen LogP contribution is -2.35. The van der Waals surface area contributed by atoms with Gasteiger partial charge in [0.2, 0.25) is 0 Å². The summed E-state index contributed by atoms with van der Waals surface area (Å²) in [6, 6.07) is 17.6. The van der Waals surface area contributed by atoms with Gasteiger partial charge < -0.3 is 24.4 Å². The van der Waals surface area contributed by atoms with E-state index in [0.717, 1.165) is 29.2 Å². The van der Waals surface area contributed by atoms with Crippen molar-refractivity contribution in [1.82, 2.24) is 0 Å². The number of benzene rings is 2. The summed E-state index contributed by atoms with van der Waals surface area (Å²) in [5.41, 5.74) is 2.87. The van der Waals surface area contributed by atoms with Gasteiger partial charge in [0.15, 0.2) is 11.5 Å². The van der Waals surface area contributed by atoms with Crippen molar-refractivity contribution in [3.05, 3.63) is 59.5 Å². The number of amides is 1. The molecule has 7 heteroatoms. The Bertz CT molecular complexity index is 1040. The average molecular weight is 423 g/mol. The van der Waals surface area contributed by atoms with Crippen LogP contribution in [-0.4, -0.2) is 45.4 Å². The molecule has 6 nitrogen and oxygen atoms in total. The third-order valence-electron chi connectivity index (χ3n) is 5.12. The van der Waals surface area contributed by atoms with Gasteiger partial charge in [-0.05, 0) is 23.8 Å². The van der Waals surface area contributed by atoms with Gasteiger partial charge in [-0.15, -0.1) is 11.3 Å². The molecule has 0 saturated carbocycles. The Morgan fingerprint density at radius 2 is 1.67 bits per heavy atom. The molecule has 0 spiro atoms. The number of hydrogen-bond donors (Lipinski definition) is 1. The van der Waals surface area contributed by atoms with Gasteiger partial charge in [-0.2, -0.15) is 0 Å². The van der Waals surface area contributed by atoms with E-state index in [4.69, 9.17) is 14.2 Å². The average Bonchev–Trinajstić information content (AvgIpc) is 3.26. The van der Waals surface area contributed by atoms with Crippen LogP contribution in [0.4, 0.5) is 10.7 Å². The van der Waals surface area contributed by atoms with Gasteiger partial charge >= 0.3 is 0 Å². The molecule has 1 aromatic heterocycles. The molecule has 2 aliphatic heterocycles. The van der Waals surface area contributed by atoms with Gasteiger partial charge in [0.05, 0.1) is 23.1 Å². The van der Waals surface area contributed by atoms with Crippen molar-refractivity contribution in [3.8, 4) is 22.6 Å². The van der Waals surface area contributed by atoms with E-state index in [1.807, 2.05) is 36.4 Å². The second-order valence-electron chi connectivity index (χ2n) is 7.11. The van der Waals surface area contributed by atoms with E-state index in [2.05, 4.69) is 22.3 Å². The van der Waals surface area contributed by atoms with Crippen LogP contribution < -0.4 is 19.7 Å². The topological polar surface area (TPSA) is 60.0 Å². The summed E-state index contributed by atoms with van der Waals surface area (Å²) in [5, 5.41) is 4.10. The first-order valence-corrected chi connectivity index (χ1v) is 10.8. The molecule has 30 heavy (non-hydrogen) atoms. The number of morpholine rings is 1. The molecule has 5 rings (SSSR count). The van der Waals surface area contributed by atoms with E-state index >= 15 is 0 Å². The molecule has 1 N–H and O–H groups in total. The molecule has 3 heterocycles. The summed E-state index contributed by atoms with van der Waals surface area (Å²) in [5.74, 6) is 1.23. The lowest BCUT2D eigenvalue weighted by atomic mass is 10.1. The maximum atomic E-state index is 13.0. The molecule has 0 radical (unpaired) electrons. The second-order valence-corrected chi connectivity index (χ2v) is 8.14. The van der Waals surface area contributed by atoms with Crippen molar-refractivity contribution in [2.24, 2.45) is 0 Å². The molecular weight excluding hydrogens is 400 g/mol. The van der Waals surface area contributed by atoms with E-state index < -0.39 is 0 Å². The minimum absolute atomic E-state index is 0.131. The summed E-state index contributed by atoms with van der Waals surface area (Å²) in [6.45, 7) is 4.10. The van der Waals surface area contributed by atoms with Crippen LogP contribution in [0.2, 0.25) is 0 Å². The van der Waals surface area contributed by atoms with Crippen LogP contribution in [-0.2, 0) is 4.74 Å². The summed E-state index contributed by atoms with van der Waals surface area (Å²) >= 11 is 1.52. The minimum atomic E-state index is -0.131. The van der Waals surface area contributed by atoms with E-state index in [1.54, 1.807) is 6.07 Å². The second kappa shape index (κ2) is 8.38. The van der Waals surface area contributed by atoms with Crippen LogP contribution >= 0.6 is 11.3 Å². The van der Waals surface area contributed by atoms with Crippen molar-refractivity contribution in [2.45, 2.75) is 0 Å². The number of ether oxygens (including phenoxy) is 3. The molecule has 1 amide bonds. The smallest absolute Gasteiger partial charge is 0.265 e. The number of thiophene rings is 1. The lowest BCUT2D eigenvalue weighted by molar-refractivity contribution is 0.103. The quantitative estimate of drug-likeness (QED) is 0.680. The fraction of sp³-hybridized carbons (Fsp3) is 0.261. The van der Waals surface area contributed by atoms with Crippen molar-refractivity contribution >= 4 is 27.9 Å². The van der Waals surface area contributed by atoms with Crippen LogP contribution in [0, 0.1) is 0 Å². The number of anilines is 2. The van der Waals surface area contributed by atoms with Crippen LogP contribution in [0.25, 0.3) is 11.1 Å². The zero-order valence-electron chi connectivity index (χ0n) is 16.4. The molecule has 154 valence electrons. The van der Waals surface area contributed by atoms with Crippen LogP contribution in [0.15, 0.2) is 54.6 Å². The molecule has 2 aliphatic rings. The van der Waals surface area contributed by atoms with Gasteiger partial charge in [-0.1, -0.05) is 30.3 Å². The molecule has 2 aromatic carbocycles. The maximum absolute atomic E-state index is 13.0. The Balaban J connectivity index is 1.43. The Hall–Kier alpha value is -3.03. The summed E-state index contributed by atoms with van der Waals surface area (Å²) in [4.78, 5) is 16.0. The highest BCUT2D eigenvalue weighted by Crippen LogP contribution is 2.40. The first-order valence-electron chi connectivity index (χ1n) is 10.0. The van der Waals surface area contributed by atoms with Crippen molar-refractivity contribution in [2.75, 3.05) is 49.7 Å². The van der Waals surface area contributed by atoms with Crippen molar-refractivity contribution in [1.29, 1.82) is 0 Å². The highest BCUT2D eigenvalue weighted by Gasteiger charge is 2.22. The SMILES string of the molecule is O=C(Nc1ccc2c(c1)OCCO2)c1cc(-c2ccccc2)c(N2CCOCC2)s1. The van der Waals surface area contributed by atoms with Gasteiger partial charge in [-0.25, -0.2) is 0 Å². The summed E-state index contributed by atoms with van der Waals surface area (Å²) < 4.78 is 16.7. The molecular formula is C23H22N2O4S. The molecule has 0 bridgehead atoms. The number of rotatable bonds is 4. The number of nitrogens with one attached hydrogen (secondary N) is 1. The largest absolute Gasteiger partial charge is 0.486 e. The molecule has 0 unspecified atom stereocenters. The van der Waals surface area contributed by atoms with Crippen LogP contribution in [0.3, 0.4) is 0 Å². The van der Waals surface area contributed by atoms with Gasteiger partial charge in [0.25, 0.3) is 5.91 Å². The predicted molar refractivity (Wildman–Crippen MR) is 118 cm³/mol. The summed E-state index contributed by atoms with van der Waals surface area (Å²) in [7, 11) is 0. The monoisotopic (exact) mass is 422 g/mol. The van der Waals surface area contributed by atoms with Crippen LogP contribution in [0.5, 0.6) is 11.5 Å². The van der Waals surface area contributed by atoms with Crippen molar-refractivity contribution in [3.63, 3.8) is 0 Å². The Labute approximate surface area is 179 Å². The van der Waals surface area contributed by atoms with Crippen molar-refractivity contribution < 1.29 is 19.0 Å². The number of carbonyl (C=O) groups is 1. The minimum Gasteiger partial charge on any atom is -0.486 e. The highest BCUT2D eigenvalue weighted by molar-refractivity contribution is 7.18. The van der Waals surface area contributed by atoms with E-state index in [-0.39, 0.29) is 5.91 Å². The zero-order chi connectivity index (χ0) is 20.3. The Kier molecular flexibility index (Phi) is 5.29. The lowest BCUT2D eigenvalue weighted by Gasteiger charge is -2.28. The third kappa shape index (κ3) is 3.86. The van der Waals surface area contributed by atoms with E-state index in [1.165, 1.54) is 11.3 Å². The van der Waals surface area contributed by atoms with E-state index in [9.17, 15) is 4.79 Å². The standard InChI is InChI=1S/C23H22N2O4S/c26-22(24-17-6-7-19-20(14-17)29-13-12-28-19)21-15-18(16-4-2-1-3-5-16)23(30-21)25-8-10-27-11-9-25/h1-7,14-15H,8-13H2,(H,24,26). The highest BCUT2D eigenvalue weighted by atomic mass is 32.1. The fourth-order valence-corrected chi connectivity index (χ4v) is 4.76. The number of fused-ring (bicyclic) bond motifs is 1. The molecule has 3 aromatic rings. The predicted octanol–water partition coefficient (Wildman–Crippen LogP) is 4.28. The zero-order valence-corrected chi connectivity index (χ0v) is 17.2. The molecule has 1 fully saturated rings.